The van der Waals surface area contributed by atoms with Gasteiger partial charge >= 0.3 is 0 Å². The molecule has 2 atom stereocenters. The number of piperidine rings is 1. The van der Waals surface area contributed by atoms with Crippen molar-refractivity contribution >= 4 is 5.91 Å². The van der Waals surface area contributed by atoms with E-state index in [0.717, 1.165) is 31.1 Å². The minimum atomic E-state index is 0.316. The van der Waals surface area contributed by atoms with Gasteiger partial charge in [-0.15, -0.1) is 0 Å². The smallest absolute Gasteiger partial charge is 0.222 e. The molecule has 1 saturated carbocycles. The van der Waals surface area contributed by atoms with Crippen molar-refractivity contribution in [3.63, 3.8) is 0 Å². The summed E-state index contributed by atoms with van der Waals surface area (Å²) in [6.45, 7) is 4.25. The van der Waals surface area contributed by atoms with Crippen LogP contribution in [0.4, 0.5) is 0 Å². The molecule has 3 rings (SSSR count). The molecule has 2 unspecified atom stereocenters. The molecule has 0 radical (unpaired) electrons. The summed E-state index contributed by atoms with van der Waals surface area (Å²) in [6, 6.07) is 1.99. The van der Waals surface area contributed by atoms with Crippen LogP contribution >= 0.6 is 0 Å². The van der Waals surface area contributed by atoms with E-state index in [-0.39, 0.29) is 0 Å². The standard InChI is InChI=1S/C14H21N3O/c1-3-14-8-11(14)9-17(10-14)13(18)5-4-12-6-7-15-16(12)2/h6-7,11H,3-5,8-10H2,1-2H3. The fourth-order valence-electron chi connectivity index (χ4n) is 3.37. The van der Waals surface area contributed by atoms with Gasteiger partial charge in [0.15, 0.2) is 0 Å². The normalized spacial score (nSPS) is 29.4. The van der Waals surface area contributed by atoms with Crippen LogP contribution in [-0.2, 0) is 18.3 Å². The van der Waals surface area contributed by atoms with Crippen LogP contribution < -0.4 is 0 Å². The Labute approximate surface area is 108 Å². The maximum atomic E-state index is 12.2. The number of aryl methyl sites for hydroxylation is 2. The van der Waals surface area contributed by atoms with E-state index in [9.17, 15) is 4.79 Å². The first kappa shape index (κ1) is 11.8. The Hall–Kier alpha value is -1.32. The molecular formula is C14H21N3O. The number of nitrogens with zero attached hydrogens (tertiary/aromatic N) is 3. The summed E-state index contributed by atoms with van der Waals surface area (Å²) in [5.74, 6) is 1.11. The van der Waals surface area contributed by atoms with Gasteiger partial charge in [0.05, 0.1) is 0 Å². The molecule has 0 spiro atoms. The molecule has 1 saturated heterocycles. The van der Waals surface area contributed by atoms with Gasteiger partial charge in [0.1, 0.15) is 0 Å². The summed E-state index contributed by atoms with van der Waals surface area (Å²) in [6.07, 6.45) is 5.77. The summed E-state index contributed by atoms with van der Waals surface area (Å²) in [5, 5.41) is 4.13. The zero-order valence-electron chi connectivity index (χ0n) is 11.2. The van der Waals surface area contributed by atoms with Gasteiger partial charge in [-0.2, -0.15) is 5.10 Å². The third-order valence-corrected chi connectivity index (χ3v) is 4.88. The van der Waals surface area contributed by atoms with E-state index in [2.05, 4.69) is 16.9 Å². The zero-order chi connectivity index (χ0) is 12.8. The molecule has 1 aromatic heterocycles. The van der Waals surface area contributed by atoms with Crippen LogP contribution in [0.2, 0.25) is 0 Å². The van der Waals surface area contributed by atoms with Crippen LogP contribution in [0.3, 0.4) is 0 Å². The number of fused-ring (bicyclic) bond motifs is 1. The Kier molecular flexibility index (Phi) is 2.68. The molecule has 1 aromatic rings. The predicted molar refractivity (Wildman–Crippen MR) is 68.9 cm³/mol. The Bertz CT molecular complexity index is 463. The number of hydrogen-bond acceptors (Lipinski definition) is 2. The van der Waals surface area contributed by atoms with Crippen LogP contribution in [0.15, 0.2) is 12.3 Å². The Morgan fingerprint density at radius 2 is 2.44 bits per heavy atom. The van der Waals surface area contributed by atoms with Gasteiger partial charge in [0.2, 0.25) is 5.91 Å². The summed E-state index contributed by atoms with van der Waals surface area (Å²) in [7, 11) is 1.93. The Morgan fingerprint density at radius 3 is 3.06 bits per heavy atom. The van der Waals surface area contributed by atoms with Gasteiger partial charge in [0.25, 0.3) is 0 Å². The second-order valence-electron chi connectivity index (χ2n) is 5.84. The van der Waals surface area contributed by atoms with Crippen molar-refractivity contribution < 1.29 is 4.79 Å². The van der Waals surface area contributed by atoms with Crippen molar-refractivity contribution in [2.24, 2.45) is 18.4 Å². The van der Waals surface area contributed by atoms with Gasteiger partial charge in [0, 0.05) is 38.4 Å². The summed E-state index contributed by atoms with van der Waals surface area (Å²) < 4.78 is 1.85. The number of amides is 1. The highest BCUT2D eigenvalue weighted by atomic mass is 16.2. The molecule has 2 fully saturated rings. The molecule has 0 N–H and O–H groups in total. The first-order chi connectivity index (χ1) is 8.64. The quantitative estimate of drug-likeness (QED) is 0.810. The molecule has 1 amide bonds. The van der Waals surface area contributed by atoms with Crippen molar-refractivity contribution in [1.29, 1.82) is 0 Å². The first-order valence-electron chi connectivity index (χ1n) is 6.89. The van der Waals surface area contributed by atoms with Crippen molar-refractivity contribution in [2.45, 2.75) is 32.6 Å². The van der Waals surface area contributed by atoms with E-state index in [1.165, 1.54) is 12.8 Å². The molecule has 0 aromatic carbocycles. The Morgan fingerprint density at radius 1 is 1.61 bits per heavy atom. The molecule has 0 bridgehead atoms. The SMILES string of the molecule is CCC12CC1CN(C(=O)CCc1ccnn1C)C2. The van der Waals surface area contributed by atoms with Crippen LogP contribution in [-0.4, -0.2) is 33.7 Å². The highest BCUT2D eigenvalue weighted by molar-refractivity contribution is 5.77. The highest BCUT2D eigenvalue weighted by Crippen LogP contribution is 2.59. The van der Waals surface area contributed by atoms with Gasteiger partial charge in [-0.25, -0.2) is 0 Å². The fourth-order valence-corrected chi connectivity index (χ4v) is 3.37. The minimum absolute atomic E-state index is 0.316. The number of carbonyl (C=O) groups is 1. The third-order valence-electron chi connectivity index (χ3n) is 4.88. The van der Waals surface area contributed by atoms with Crippen molar-refractivity contribution in [3.05, 3.63) is 18.0 Å². The predicted octanol–water partition coefficient (Wildman–Crippen LogP) is 1.61. The number of likely N-dealkylation sites (tertiary alicyclic amines) is 1. The molecule has 1 aliphatic carbocycles. The average molecular weight is 247 g/mol. The number of hydrogen-bond donors (Lipinski definition) is 0. The van der Waals surface area contributed by atoms with Crippen LogP contribution in [0.1, 0.15) is 31.9 Å². The second-order valence-corrected chi connectivity index (χ2v) is 5.84. The minimum Gasteiger partial charge on any atom is -0.342 e. The zero-order valence-corrected chi connectivity index (χ0v) is 11.2. The number of rotatable bonds is 4. The molecule has 2 aliphatic rings. The fraction of sp³-hybridized carbons (Fsp3) is 0.714. The second kappa shape index (κ2) is 4.11. The van der Waals surface area contributed by atoms with E-state index in [0.29, 0.717) is 17.7 Å². The van der Waals surface area contributed by atoms with E-state index < -0.39 is 0 Å². The monoisotopic (exact) mass is 247 g/mol. The average Bonchev–Trinajstić information content (AvgIpc) is 2.72. The number of aromatic nitrogens is 2. The third kappa shape index (κ3) is 1.84. The van der Waals surface area contributed by atoms with Crippen molar-refractivity contribution in [2.75, 3.05) is 13.1 Å². The van der Waals surface area contributed by atoms with Crippen LogP contribution in [0, 0.1) is 11.3 Å². The lowest BCUT2D eigenvalue weighted by Gasteiger charge is -2.20. The molecule has 18 heavy (non-hydrogen) atoms. The summed E-state index contributed by atoms with van der Waals surface area (Å²) in [5.41, 5.74) is 1.64. The Balaban J connectivity index is 1.53. The van der Waals surface area contributed by atoms with Crippen molar-refractivity contribution in [1.82, 2.24) is 14.7 Å². The van der Waals surface area contributed by atoms with Crippen LogP contribution in [0.5, 0.6) is 0 Å². The molecule has 98 valence electrons. The summed E-state index contributed by atoms with van der Waals surface area (Å²) >= 11 is 0. The lowest BCUT2D eigenvalue weighted by molar-refractivity contribution is -0.130. The van der Waals surface area contributed by atoms with Gasteiger partial charge in [-0.1, -0.05) is 6.92 Å². The number of carbonyl (C=O) groups excluding carboxylic acids is 1. The maximum Gasteiger partial charge on any atom is 0.222 e. The van der Waals surface area contributed by atoms with Gasteiger partial charge < -0.3 is 4.90 Å². The van der Waals surface area contributed by atoms with E-state index in [1.807, 2.05) is 17.8 Å². The van der Waals surface area contributed by atoms with Crippen LogP contribution in [0.25, 0.3) is 0 Å². The largest absolute Gasteiger partial charge is 0.342 e. The lowest BCUT2D eigenvalue weighted by atomic mass is 10.0. The first-order valence-corrected chi connectivity index (χ1v) is 6.89. The molecular weight excluding hydrogens is 226 g/mol. The highest BCUT2D eigenvalue weighted by Gasteiger charge is 2.59. The molecule has 2 heterocycles. The van der Waals surface area contributed by atoms with E-state index in [4.69, 9.17) is 0 Å². The van der Waals surface area contributed by atoms with E-state index in [1.54, 1.807) is 6.20 Å². The molecule has 1 aliphatic heterocycles. The molecule has 4 heteroatoms. The topological polar surface area (TPSA) is 38.1 Å². The molecule has 4 nitrogen and oxygen atoms in total. The summed E-state index contributed by atoms with van der Waals surface area (Å²) in [4.78, 5) is 14.2. The maximum absolute atomic E-state index is 12.2. The van der Waals surface area contributed by atoms with Gasteiger partial charge in [-0.05, 0) is 36.7 Å². The van der Waals surface area contributed by atoms with E-state index >= 15 is 0 Å². The lowest BCUT2D eigenvalue weighted by Crippen LogP contribution is -2.32. The van der Waals surface area contributed by atoms with Crippen molar-refractivity contribution in [3.8, 4) is 0 Å². The van der Waals surface area contributed by atoms with Gasteiger partial charge in [-0.3, -0.25) is 9.48 Å².